The second-order valence-corrected chi connectivity index (χ2v) is 6.01. The van der Waals surface area contributed by atoms with Crippen LogP contribution in [0.1, 0.15) is 26.5 Å². The van der Waals surface area contributed by atoms with E-state index in [1.807, 2.05) is 5.32 Å². The number of hydrogen-bond acceptors (Lipinski definition) is 6. The van der Waals surface area contributed by atoms with Gasteiger partial charge in [-0.3, -0.25) is 0 Å². The van der Waals surface area contributed by atoms with Crippen molar-refractivity contribution in [1.29, 1.82) is 0 Å². The van der Waals surface area contributed by atoms with Gasteiger partial charge in [0.25, 0.3) is 5.92 Å². The summed E-state index contributed by atoms with van der Waals surface area (Å²) in [6, 6.07) is 0. The van der Waals surface area contributed by atoms with Gasteiger partial charge in [-0.1, -0.05) is 5.21 Å². The van der Waals surface area contributed by atoms with Crippen LogP contribution in [0.5, 0.6) is 0 Å². The number of alkyl halides is 2. The highest BCUT2D eigenvalue weighted by Gasteiger charge is 2.30. The maximum Gasteiger partial charge on any atom is 0.407 e. The van der Waals surface area contributed by atoms with Gasteiger partial charge in [-0.15, -0.1) is 5.10 Å². The molecule has 0 radical (unpaired) electrons. The van der Waals surface area contributed by atoms with E-state index >= 15 is 0 Å². The van der Waals surface area contributed by atoms with Gasteiger partial charge >= 0.3 is 6.09 Å². The summed E-state index contributed by atoms with van der Waals surface area (Å²) in [7, 11) is 0. The third kappa shape index (κ3) is 8.41. The fourth-order valence-electron chi connectivity index (χ4n) is 1.58. The first-order valence-corrected chi connectivity index (χ1v) is 7.16. The fourth-order valence-corrected chi connectivity index (χ4v) is 1.58. The van der Waals surface area contributed by atoms with E-state index < -0.39 is 30.7 Å². The molecule has 132 valence electrons. The van der Waals surface area contributed by atoms with E-state index in [4.69, 9.17) is 9.84 Å². The van der Waals surface area contributed by atoms with Crippen LogP contribution in [0, 0.1) is 0 Å². The van der Waals surface area contributed by atoms with Gasteiger partial charge < -0.3 is 20.5 Å². The van der Waals surface area contributed by atoms with Gasteiger partial charge in [-0.05, 0) is 20.8 Å². The van der Waals surface area contributed by atoms with Gasteiger partial charge in [0.05, 0.1) is 31.9 Å². The Balaban J connectivity index is 2.30. The van der Waals surface area contributed by atoms with E-state index in [0.717, 1.165) is 0 Å². The zero-order chi connectivity index (χ0) is 17.5. The largest absolute Gasteiger partial charge is 0.444 e. The fraction of sp³-hybridized carbons (Fsp3) is 0.769. The minimum atomic E-state index is -3.13. The Morgan fingerprint density at radius 1 is 1.39 bits per heavy atom. The lowest BCUT2D eigenvalue weighted by Gasteiger charge is -2.22. The number of ether oxygens (including phenoxy) is 1. The molecule has 0 bridgehead atoms. The summed E-state index contributed by atoms with van der Waals surface area (Å²) in [5.74, 6) is -3.13. The number of hydrogen-bond donors (Lipinski definition) is 3. The molecule has 0 unspecified atom stereocenters. The highest BCUT2D eigenvalue weighted by Crippen LogP contribution is 2.12. The van der Waals surface area contributed by atoms with E-state index in [-0.39, 0.29) is 13.2 Å². The molecule has 0 aliphatic heterocycles. The topological polar surface area (TPSA) is 101 Å². The Morgan fingerprint density at radius 2 is 2.09 bits per heavy atom. The molecule has 3 N–H and O–H groups in total. The summed E-state index contributed by atoms with van der Waals surface area (Å²) in [6.45, 7) is 3.81. The van der Waals surface area contributed by atoms with Crippen molar-refractivity contribution in [3.63, 3.8) is 0 Å². The summed E-state index contributed by atoms with van der Waals surface area (Å²) in [4.78, 5) is 11.3. The van der Waals surface area contributed by atoms with Gasteiger partial charge in [0, 0.05) is 12.7 Å². The van der Waals surface area contributed by atoms with Crippen LogP contribution >= 0.6 is 0 Å². The van der Waals surface area contributed by atoms with Crippen molar-refractivity contribution < 1.29 is 23.4 Å². The number of rotatable bonds is 8. The third-order valence-corrected chi connectivity index (χ3v) is 2.50. The molecule has 0 fully saturated rings. The molecule has 8 nitrogen and oxygen atoms in total. The molecule has 0 aromatic carbocycles. The Bertz CT molecular complexity index is 502. The molecule has 1 heterocycles. The monoisotopic (exact) mass is 335 g/mol. The molecule has 0 atom stereocenters. The Labute approximate surface area is 133 Å². The standard InChI is InChI=1S/C13H23F2N5O3/c1-12(2,3)23-11(22)17-9-13(14,15)8-16-6-10-7-20(4-5-21)19-18-10/h7,16,21H,4-6,8-9H2,1-3H3,(H,17,22). The zero-order valence-electron chi connectivity index (χ0n) is 13.5. The number of carbonyl (C=O) groups is 1. The van der Waals surface area contributed by atoms with Crippen LogP contribution in [0.2, 0.25) is 0 Å². The van der Waals surface area contributed by atoms with Crippen molar-refractivity contribution in [3.8, 4) is 0 Å². The average Bonchev–Trinajstić information content (AvgIpc) is 2.83. The molecule has 0 spiro atoms. The first-order valence-electron chi connectivity index (χ1n) is 7.16. The number of aliphatic hydroxyl groups is 1. The number of nitrogens with zero attached hydrogens (tertiary/aromatic N) is 3. The molecule has 1 aromatic rings. The molecular formula is C13H23F2N5O3. The molecule has 1 aromatic heterocycles. The maximum atomic E-state index is 13.6. The van der Waals surface area contributed by atoms with Gasteiger partial charge in [-0.2, -0.15) is 0 Å². The van der Waals surface area contributed by atoms with Crippen LogP contribution in [-0.4, -0.2) is 57.4 Å². The molecule has 0 saturated heterocycles. The van der Waals surface area contributed by atoms with Crippen molar-refractivity contribution in [2.75, 3.05) is 19.7 Å². The highest BCUT2D eigenvalue weighted by atomic mass is 19.3. The lowest BCUT2D eigenvalue weighted by molar-refractivity contribution is -0.00381. The molecule has 1 amide bonds. The second kappa shape index (κ2) is 8.16. The van der Waals surface area contributed by atoms with Crippen LogP contribution in [0.15, 0.2) is 6.20 Å². The number of nitrogens with one attached hydrogen (secondary N) is 2. The average molecular weight is 335 g/mol. The summed E-state index contributed by atoms with van der Waals surface area (Å²) >= 11 is 0. The van der Waals surface area contributed by atoms with E-state index in [1.54, 1.807) is 27.0 Å². The van der Waals surface area contributed by atoms with E-state index in [0.29, 0.717) is 12.2 Å². The van der Waals surface area contributed by atoms with Gasteiger partial charge in [0.15, 0.2) is 0 Å². The number of alkyl carbamates (subject to hydrolysis) is 1. The summed E-state index contributed by atoms with van der Waals surface area (Å²) in [5, 5.41) is 20.8. The lowest BCUT2D eigenvalue weighted by atomic mass is 10.2. The van der Waals surface area contributed by atoms with Crippen molar-refractivity contribution >= 4 is 6.09 Å². The Kier molecular flexibility index (Phi) is 6.82. The van der Waals surface area contributed by atoms with E-state index in [9.17, 15) is 13.6 Å². The SMILES string of the molecule is CC(C)(C)OC(=O)NCC(F)(F)CNCc1cn(CCO)nn1. The zero-order valence-corrected chi connectivity index (χ0v) is 13.5. The van der Waals surface area contributed by atoms with Crippen LogP contribution in [0.3, 0.4) is 0 Å². The molecule has 0 aliphatic rings. The summed E-state index contributed by atoms with van der Waals surface area (Å²) in [5.41, 5.74) is -0.257. The minimum Gasteiger partial charge on any atom is -0.444 e. The molecule has 10 heteroatoms. The third-order valence-electron chi connectivity index (χ3n) is 2.50. The molecule has 23 heavy (non-hydrogen) atoms. The van der Waals surface area contributed by atoms with E-state index in [1.165, 1.54) is 4.68 Å². The van der Waals surface area contributed by atoms with Gasteiger partial charge in [0.2, 0.25) is 0 Å². The number of amides is 1. The Hall–Kier alpha value is -1.81. The molecular weight excluding hydrogens is 312 g/mol. The first-order chi connectivity index (χ1) is 10.6. The summed E-state index contributed by atoms with van der Waals surface area (Å²) in [6.07, 6.45) is 0.671. The minimum absolute atomic E-state index is 0.0787. The second-order valence-electron chi connectivity index (χ2n) is 6.01. The van der Waals surface area contributed by atoms with Gasteiger partial charge in [-0.25, -0.2) is 18.3 Å². The highest BCUT2D eigenvalue weighted by molar-refractivity contribution is 5.67. The molecule has 0 aliphatic carbocycles. The first kappa shape index (κ1) is 19.2. The quantitative estimate of drug-likeness (QED) is 0.640. The van der Waals surface area contributed by atoms with Gasteiger partial charge in [0.1, 0.15) is 5.60 Å². The van der Waals surface area contributed by atoms with E-state index in [2.05, 4.69) is 15.6 Å². The Morgan fingerprint density at radius 3 is 2.70 bits per heavy atom. The van der Waals surface area contributed by atoms with Crippen molar-refractivity contribution in [3.05, 3.63) is 11.9 Å². The predicted octanol–water partition coefficient (Wildman–Crippen LogP) is 0.520. The van der Waals surface area contributed by atoms with Crippen LogP contribution in [-0.2, 0) is 17.8 Å². The van der Waals surface area contributed by atoms with Crippen molar-refractivity contribution in [2.45, 2.75) is 45.4 Å². The number of carbonyl (C=O) groups excluding carboxylic acids is 1. The van der Waals surface area contributed by atoms with Crippen molar-refractivity contribution in [1.82, 2.24) is 25.6 Å². The predicted molar refractivity (Wildman–Crippen MR) is 78.0 cm³/mol. The van der Waals surface area contributed by atoms with Crippen LogP contribution in [0.25, 0.3) is 0 Å². The lowest BCUT2D eigenvalue weighted by Crippen LogP contribution is -2.44. The number of aliphatic hydroxyl groups excluding tert-OH is 1. The maximum absolute atomic E-state index is 13.6. The van der Waals surface area contributed by atoms with Crippen LogP contribution in [0.4, 0.5) is 13.6 Å². The van der Waals surface area contributed by atoms with Crippen molar-refractivity contribution in [2.24, 2.45) is 0 Å². The normalized spacial score (nSPS) is 12.3. The molecule has 0 saturated carbocycles. The smallest absolute Gasteiger partial charge is 0.407 e. The summed E-state index contributed by atoms with van der Waals surface area (Å²) < 4.78 is 33.6. The molecule has 1 rings (SSSR count). The number of aromatic nitrogens is 3. The van der Waals surface area contributed by atoms with Crippen LogP contribution < -0.4 is 10.6 Å². The number of halogens is 2.